The third-order valence-electron chi connectivity index (χ3n) is 2.82. The van der Waals surface area contributed by atoms with Crippen LogP contribution >= 0.6 is 23.2 Å². The third kappa shape index (κ3) is 2.61. The maximum Gasteiger partial charge on any atom is 0.251 e. The lowest BCUT2D eigenvalue weighted by molar-refractivity contribution is -0.112. The lowest BCUT2D eigenvalue weighted by Crippen LogP contribution is -2.36. The Labute approximate surface area is 115 Å². The Kier molecular flexibility index (Phi) is 3.80. The van der Waals surface area contributed by atoms with Crippen LogP contribution in [-0.4, -0.2) is 24.1 Å². The first-order chi connectivity index (χ1) is 8.49. The fourth-order valence-electron chi connectivity index (χ4n) is 1.54. The molecule has 6 heteroatoms. The Morgan fingerprint density at radius 1 is 1.33 bits per heavy atom. The number of hydrogen-bond acceptors (Lipinski definition) is 3. The minimum atomic E-state index is -0.190. The number of carbonyl (C=O) groups excluding carboxylic acids is 1. The van der Waals surface area contributed by atoms with Gasteiger partial charge in [0.15, 0.2) is 5.75 Å². The summed E-state index contributed by atoms with van der Waals surface area (Å²) in [6.07, 6.45) is 0. The fourth-order valence-corrected chi connectivity index (χ4v) is 2.03. The number of aromatic hydroxyl groups is 1. The summed E-state index contributed by atoms with van der Waals surface area (Å²) in [6.45, 7) is 3.27. The Morgan fingerprint density at radius 3 is 2.33 bits per heavy atom. The Bertz CT molecular complexity index is 512. The van der Waals surface area contributed by atoms with E-state index in [9.17, 15) is 9.90 Å². The van der Waals surface area contributed by atoms with Crippen molar-refractivity contribution < 1.29 is 9.90 Å². The highest BCUT2D eigenvalue weighted by Gasteiger charge is 2.16. The van der Waals surface area contributed by atoms with E-state index in [0.29, 0.717) is 11.3 Å². The van der Waals surface area contributed by atoms with Crippen LogP contribution in [0.3, 0.4) is 0 Å². The van der Waals surface area contributed by atoms with Gasteiger partial charge in [0, 0.05) is 24.4 Å². The lowest BCUT2D eigenvalue weighted by Gasteiger charge is -2.21. The zero-order valence-electron chi connectivity index (χ0n) is 9.68. The molecular weight excluding hydrogens is 275 g/mol. The van der Waals surface area contributed by atoms with Crippen LogP contribution in [0.5, 0.6) is 5.75 Å². The van der Waals surface area contributed by atoms with Gasteiger partial charge in [-0.05, 0) is 24.6 Å². The number of nitrogens with one attached hydrogen (secondary N) is 2. The van der Waals surface area contributed by atoms with Gasteiger partial charge >= 0.3 is 0 Å². The molecule has 3 N–H and O–H groups in total. The molecule has 1 aliphatic rings. The Balaban J connectivity index is 2.17. The number of benzene rings is 1. The van der Waals surface area contributed by atoms with Crippen LogP contribution in [0.25, 0.3) is 0 Å². The molecular formula is C12H12Cl2N2O2. The average Bonchev–Trinajstić information content (AvgIpc) is 2.23. The predicted octanol–water partition coefficient (Wildman–Crippen LogP) is 2.56. The number of hydrogen-bond donors (Lipinski definition) is 3. The predicted molar refractivity (Wildman–Crippen MR) is 72.3 cm³/mol. The highest BCUT2D eigenvalue weighted by molar-refractivity contribution is 6.37. The first-order valence-corrected chi connectivity index (χ1v) is 6.13. The maximum atomic E-state index is 11.9. The standard InChI is InChI=1S/C12H12Cl2N2O2/c1-6(7-4-15-5-7)12(18)16-8-2-9(13)11(17)10(14)3-8/h2-3,15,17H,4-5H2,1H3,(H,16,18). The van der Waals surface area contributed by atoms with E-state index in [0.717, 1.165) is 18.7 Å². The molecule has 0 atom stereocenters. The van der Waals surface area contributed by atoms with Gasteiger partial charge in [0.25, 0.3) is 5.91 Å². The van der Waals surface area contributed by atoms with Gasteiger partial charge in [-0.2, -0.15) is 0 Å². The van der Waals surface area contributed by atoms with Crippen molar-refractivity contribution in [1.82, 2.24) is 5.32 Å². The van der Waals surface area contributed by atoms with Crippen LogP contribution in [0.4, 0.5) is 5.69 Å². The summed E-state index contributed by atoms with van der Waals surface area (Å²) in [6, 6.07) is 2.91. The van der Waals surface area contributed by atoms with E-state index >= 15 is 0 Å². The number of phenols is 1. The Hall–Kier alpha value is -1.23. The minimum absolute atomic E-state index is 0.105. The molecule has 0 spiro atoms. The van der Waals surface area contributed by atoms with Crippen molar-refractivity contribution in [3.05, 3.63) is 33.3 Å². The van der Waals surface area contributed by atoms with Crippen molar-refractivity contribution in [1.29, 1.82) is 0 Å². The first kappa shape index (κ1) is 13.2. The summed E-state index contributed by atoms with van der Waals surface area (Å²) in [5.74, 6) is -0.376. The van der Waals surface area contributed by atoms with Gasteiger partial charge in [0.05, 0.1) is 10.0 Å². The van der Waals surface area contributed by atoms with Crippen LogP contribution in [0.2, 0.25) is 10.0 Å². The number of carbonyl (C=O) groups is 1. The summed E-state index contributed by atoms with van der Waals surface area (Å²) in [5, 5.41) is 15.4. The molecule has 0 unspecified atom stereocenters. The molecule has 4 nitrogen and oxygen atoms in total. The zero-order chi connectivity index (χ0) is 13.3. The largest absolute Gasteiger partial charge is 0.505 e. The molecule has 1 aromatic rings. The SMILES string of the molecule is CC(C(=O)Nc1cc(Cl)c(O)c(Cl)c1)=C1CNC1. The van der Waals surface area contributed by atoms with E-state index in [1.54, 1.807) is 6.92 Å². The summed E-state index contributed by atoms with van der Waals surface area (Å²) in [4.78, 5) is 11.9. The molecule has 0 saturated carbocycles. The molecule has 1 saturated heterocycles. The molecule has 2 rings (SSSR count). The van der Waals surface area contributed by atoms with Crippen molar-refractivity contribution in [2.24, 2.45) is 0 Å². The molecule has 0 aromatic heterocycles. The second-order valence-electron chi connectivity index (χ2n) is 4.07. The minimum Gasteiger partial charge on any atom is -0.505 e. The normalized spacial score (nSPS) is 14.1. The smallest absolute Gasteiger partial charge is 0.251 e. The number of phenolic OH excluding ortho intramolecular Hbond substituents is 1. The quantitative estimate of drug-likeness (QED) is 0.578. The monoisotopic (exact) mass is 286 g/mol. The number of halogens is 2. The Morgan fingerprint density at radius 2 is 1.89 bits per heavy atom. The van der Waals surface area contributed by atoms with E-state index in [1.165, 1.54) is 12.1 Å². The van der Waals surface area contributed by atoms with Gasteiger partial charge < -0.3 is 15.7 Å². The molecule has 18 heavy (non-hydrogen) atoms. The van der Waals surface area contributed by atoms with Gasteiger partial charge in [-0.15, -0.1) is 0 Å². The molecule has 1 aliphatic heterocycles. The van der Waals surface area contributed by atoms with Crippen LogP contribution in [-0.2, 0) is 4.79 Å². The first-order valence-electron chi connectivity index (χ1n) is 5.37. The van der Waals surface area contributed by atoms with E-state index in [2.05, 4.69) is 10.6 Å². The van der Waals surface area contributed by atoms with Crippen LogP contribution in [0, 0.1) is 0 Å². The van der Waals surface area contributed by atoms with Crippen molar-refractivity contribution in [3.8, 4) is 5.75 Å². The van der Waals surface area contributed by atoms with Gasteiger partial charge in [0.2, 0.25) is 0 Å². The maximum absolute atomic E-state index is 11.9. The van der Waals surface area contributed by atoms with Crippen molar-refractivity contribution in [2.45, 2.75) is 6.92 Å². The lowest BCUT2D eigenvalue weighted by atomic mass is 10.0. The van der Waals surface area contributed by atoms with Crippen molar-refractivity contribution in [2.75, 3.05) is 18.4 Å². The summed E-state index contributed by atoms with van der Waals surface area (Å²) >= 11 is 11.6. The molecule has 0 radical (unpaired) electrons. The van der Waals surface area contributed by atoms with E-state index in [-0.39, 0.29) is 21.7 Å². The number of amides is 1. The average molecular weight is 287 g/mol. The van der Waals surface area contributed by atoms with E-state index < -0.39 is 0 Å². The molecule has 1 aromatic carbocycles. The third-order valence-corrected chi connectivity index (χ3v) is 3.40. The molecule has 1 fully saturated rings. The van der Waals surface area contributed by atoms with Crippen molar-refractivity contribution >= 4 is 34.8 Å². The van der Waals surface area contributed by atoms with Crippen LogP contribution < -0.4 is 10.6 Å². The van der Waals surface area contributed by atoms with Crippen molar-refractivity contribution in [3.63, 3.8) is 0 Å². The van der Waals surface area contributed by atoms with Gasteiger partial charge in [-0.1, -0.05) is 23.2 Å². The second-order valence-corrected chi connectivity index (χ2v) is 4.89. The van der Waals surface area contributed by atoms with Crippen LogP contribution in [0.15, 0.2) is 23.3 Å². The highest BCUT2D eigenvalue weighted by atomic mass is 35.5. The summed E-state index contributed by atoms with van der Waals surface area (Å²) in [7, 11) is 0. The zero-order valence-corrected chi connectivity index (χ0v) is 11.2. The van der Waals surface area contributed by atoms with E-state index in [1.807, 2.05) is 0 Å². The number of anilines is 1. The molecule has 1 heterocycles. The summed E-state index contributed by atoms with van der Waals surface area (Å²) in [5.41, 5.74) is 2.23. The highest BCUT2D eigenvalue weighted by Crippen LogP contribution is 2.34. The van der Waals surface area contributed by atoms with Crippen LogP contribution in [0.1, 0.15) is 6.92 Å². The fraction of sp³-hybridized carbons (Fsp3) is 0.250. The molecule has 0 bridgehead atoms. The molecule has 1 amide bonds. The summed E-state index contributed by atoms with van der Waals surface area (Å²) < 4.78 is 0. The van der Waals surface area contributed by atoms with Gasteiger partial charge in [-0.25, -0.2) is 0 Å². The molecule has 96 valence electrons. The van der Waals surface area contributed by atoms with E-state index in [4.69, 9.17) is 23.2 Å². The number of rotatable bonds is 2. The van der Waals surface area contributed by atoms with Gasteiger partial charge in [0.1, 0.15) is 0 Å². The molecule has 0 aliphatic carbocycles. The second kappa shape index (κ2) is 5.18. The van der Waals surface area contributed by atoms with Gasteiger partial charge in [-0.3, -0.25) is 4.79 Å². The topological polar surface area (TPSA) is 61.4 Å².